The van der Waals surface area contributed by atoms with Crippen molar-refractivity contribution in [3.8, 4) is 16.9 Å². The fraction of sp³-hybridized carbons (Fsp3) is 0.310. The zero-order valence-corrected chi connectivity index (χ0v) is 21.2. The van der Waals surface area contributed by atoms with Crippen LogP contribution < -0.4 is 20.3 Å². The van der Waals surface area contributed by atoms with E-state index in [4.69, 9.17) is 9.47 Å². The molecule has 0 aliphatic carbocycles. The Labute approximate surface area is 221 Å². The average molecular weight is 516 g/mol. The number of hydrogen-bond acceptors (Lipinski definition) is 7. The molecule has 0 saturated carbocycles. The number of carbonyl (C=O) groups is 1. The molecule has 3 aliphatic heterocycles. The predicted octanol–water partition coefficient (Wildman–Crippen LogP) is 3.86. The Hall–Kier alpha value is -3.95. The van der Waals surface area contributed by atoms with Gasteiger partial charge in [0, 0.05) is 49.5 Å². The summed E-state index contributed by atoms with van der Waals surface area (Å²) in [4.78, 5) is 22.1. The molecule has 0 bridgehead atoms. The number of aromatic nitrogens is 1. The molecule has 196 valence electrons. The molecule has 2 fully saturated rings. The van der Waals surface area contributed by atoms with Crippen LogP contribution in [0.15, 0.2) is 60.8 Å². The van der Waals surface area contributed by atoms with Crippen molar-refractivity contribution >= 4 is 28.7 Å². The van der Waals surface area contributed by atoms with Crippen LogP contribution in [-0.4, -0.2) is 74.9 Å². The van der Waals surface area contributed by atoms with Crippen LogP contribution in [0.5, 0.6) is 5.75 Å². The lowest BCUT2D eigenvalue weighted by Gasteiger charge is -2.42. The number of hydrogen-bond donors (Lipinski definition) is 2. The van der Waals surface area contributed by atoms with Crippen LogP contribution in [0, 0.1) is 5.82 Å². The molecule has 2 N–H and O–H groups in total. The van der Waals surface area contributed by atoms with E-state index < -0.39 is 0 Å². The molecule has 38 heavy (non-hydrogen) atoms. The quantitative estimate of drug-likeness (QED) is 0.463. The SMILES string of the molecule is COc1cccc(F)c1-c1ccc2c(c1)/C(=C/CNc1ccc(N3CCN(C4COC4)CC3)nc1)C(=O)N2. The van der Waals surface area contributed by atoms with Gasteiger partial charge >= 0.3 is 0 Å². The lowest BCUT2D eigenvalue weighted by molar-refractivity contribution is -0.110. The lowest BCUT2D eigenvalue weighted by Crippen LogP contribution is -2.56. The average Bonchev–Trinajstić information content (AvgIpc) is 3.22. The van der Waals surface area contributed by atoms with Crippen LogP contribution in [0.3, 0.4) is 0 Å². The van der Waals surface area contributed by atoms with E-state index in [1.54, 1.807) is 24.3 Å². The second-order valence-corrected chi connectivity index (χ2v) is 9.65. The third-order valence-corrected chi connectivity index (χ3v) is 7.42. The summed E-state index contributed by atoms with van der Waals surface area (Å²) in [6, 6.07) is 14.8. The molecule has 8 nitrogen and oxygen atoms in total. The van der Waals surface area contributed by atoms with Gasteiger partial charge in [-0.3, -0.25) is 9.69 Å². The van der Waals surface area contributed by atoms with Crippen molar-refractivity contribution in [2.24, 2.45) is 0 Å². The summed E-state index contributed by atoms with van der Waals surface area (Å²) < 4.78 is 25.3. The maximum absolute atomic E-state index is 14.6. The molecule has 9 heteroatoms. The van der Waals surface area contributed by atoms with Gasteiger partial charge in [-0.05, 0) is 42.0 Å². The number of rotatable bonds is 7. The van der Waals surface area contributed by atoms with Gasteiger partial charge in [-0.1, -0.05) is 18.2 Å². The molecule has 1 amide bonds. The largest absolute Gasteiger partial charge is 0.496 e. The van der Waals surface area contributed by atoms with Gasteiger partial charge in [0.2, 0.25) is 0 Å². The molecule has 4 heterocycles. The number of ether oxygens (including phenoxy) is 2. The highest BCUT2D eigenvalue weighted by atomic mass is 19.1. The van der Waals surface area contributed by atoms with Crippen molar-refractivity contribution in [2.75, 3.05) is 68.6 Å². The summed E-state index contributed by atoms with van der Waals surface area (Å²) in [6.45, 7) is 6.11. The minimum Gasteiger partial charge on any atom is -0.496 e. The standard InChI is InChI=1S/C29H30FN5O3/c1-37-26-4-2-3-24(30)28(26)19-5-7-25-23(15-19)22(29(36)33-25)9-10-31-20-6-8-27(32-16-20)35-13-11-34(12-14-35)21-17-38-18-21/h2-9,15-16,21,31H,10-14,17-18H2,1H3,(H,33,36)/b22-9-. The summed E-state index contributed by atoms with van der Waals surface area (Å²) in [5.41, 5.74) is 3.88. The number of nitrogens with zero attached hydrogens (tertiary/aromatic N) is 3. The molecule has 0 unspecified atom stereocenters. The molecule has 1 aromatic heterocycles. The molecule has 3 aliphatic rings. The van der Waals surface area contributed by atoms with E-state index in [0.29, 0.717) is 40.7 Å². The van der Waals surface area contributed by atoms with E-state index >= 15 is 0 Å². The first kappa shape index (κ1) is 24.4. The molecule has 0 atom stereocenters. The van der Waals surface area contributed by atoms with Crippen molar-refractivity contribution in [1.82, 2.24) is 9.88 Å². The van der Waals surface area contributed by atoms with Crippen molar-refractivity contribution in [1.29, 1.82) is 0 Å². The number of carbonyl (C=O) groups excluding carboxylic acids is 1. The van der Waals surface area contributed by atoms with Gasteiger partial charge in [-0.2, -0.15) is 0 Å². The zero-order valence-electron chi connectivity index (χ0n) is 21.2. The molecule has 0 radical (unpaired) electrons. The fourth-order valence-corrected chi connectivity index (χ4v) is 5.20. The van der Waals surface area contributed by atoms with Crippen molar-refractivity contribution in [2.45, 2.75) is 6.04 Å². The number of anilines is 3. The third-order valence-electron chi connectivity index (χ3n) is 7.42. The van der Waals surface area contributed by atoms with E-state index in [1.165, 1.54) is 13.2 Å². The Morgan fingerprint density at radius 2 is 2.00 bits per heavy atom. The molecule has 0 spiro atoms. The number of nitrogens with one attached hydrogen (secondary N) is 2. The maximum Gasteiger partial charge on any atom is 0.256 e. The molecule has 2 aromatic carbocycles. The van der Waals surface area contributed by atoms with Crippen molar-refractivity contribution < 1.29 is 18.7 Å². The number of methoxy groups -OCH3 is 1. The Balaban J connectivity index is 1.12. The molecule has 3 aromatic rings. The van der Waals surface area contributed by atoms with Crippen LogP contribution >= 0.6 is 0 Å². The second-order valence-electron chi connectivity index (χ2n) is 9.65. The Kier molecular flexibility index (Phi) is 6.70. The van der Waals surface area contributed by atoms with Gasteiger partial charge in [0.1, 0.15) is 17.4 Å². The van der Waals surface area contributed by atoms with Crippen LogP contribution in [0.25, 0.3) is 16.7 Å². The zero-order chi connectivity index (χ0) is 26.1. The molecular formula is C29H30FN5O3. The van der Waals surface area contributed by atoms with Crippen LogP contribution in [0.1, 0.15) is 5.56 Å². The topological polar surface area (TPSA) is 79.0 Å². The van der Waals surface area contributed by atoms with Gasteiger partial charge in [0.05, 0.1) is 43.8 Å². The number of fused-ring (bicyclic) bond motifs is 1. The van der Waals surface area contributed by atoms with Crippen LogP contribution in [0.4, 0.5) is 21.6 Å². The van der Waals surface area contributed by atoms with E-state index in [-0.39, 0.29) is 11.7 Å². The monoisotopic (exact) mass is 515 g/mol. The Morgan fingerprint density at radius 1 is 1.16 bits per heavy atom. The Bertz CT molecular complexity index is 1370. The normalized spacial score (nSPS) is 18.7. The predicted molar refractivity (Wildman–Crippen MR) is 146 cm³/mol. The number of halogens is 1. The highest BCUT2D eigenvalue weighted by molar-refractivity contribution is 6.31. The molecule has 2 saturated heterocycles. The van der Waals surface area contributed by atoms with Crippen molar-refractivity contribution in [3.05, 3.63) is 72.2 Å². The number of benzene rings is 2. The smallest absolute Gasteiger partial charge is 0.256 e. The first-order valence-electron chi connectivity index (χ1n) is 12.9. The lowest BCUT2D eigenvalue weighted by atomic mass is 9.98. The van der Waals surface area contributed by atoms with E-state index in [0.717, 1.165) is 56.5 Å². The van der Waals surface area contributed by atoms with Gasteiger partial charge < -0.3 is 25.0 Å². The van der Waals surface area contributed by atoms with Crippen LogP contribution in [-0.2, 0) is 9.53 Å². The number of piperazine rings is 1. The molecular weight excluding hydrogens is 485 g/mol. The fourth-order valence-electron chi connectivity index (χ4n) is 5.20. The van der Waals surface area contributed by atoms with Gasteiger partial charge in [-0.15, -0.1) is 0 Å². The minimum absolute atomic E-state index is 0.180. The van der Waals surface area contributed by atoms with E-state index in [9.17, 15) is 9.18 Å². The third kappa shape index (κ3) is 4.70. The Morgan fingerprint density at radius 3 is 2.71 bits per heavy atom. The van der Waals surface area contributed by atoms with Gasteiger partial charge in [0.25, 0.3) is 5.91 Å². The van der Waals surface area contributed by atoms with E-state index in [1.807, 2.05) is 30.5 Å². The summed E-state index contributed by atoms with van der Waals surface area (Å²) >= 11 is 0. The highest BCUT2D eigenvalue weighted by Gasteiger charge is 2.29. The minimum atomic E-state index is -0.375. The first-order valence-corrected chi connectivity index (χ1v) is 12.9. The van der Waals surface area contributed by atoms with E-state index in [2.05, 4.69) is 25.4 Å². The van der Waals surface area contributed by atoms with Crippen LogP contribution in [0.2, 0.25) is 0 Å². The summed E-state index contributed by atoms with van der Waals surface area (Å²) in [7, 11) is 1.51. The first-order chi connectivity index (χ1) is 18.6. The molecule has 6 rings (SSSR count). The summed E-state index contributed by atoms with van der Waals surface area (Å²) in [5, 5.41) is 6.22. The van der Waals surface area contributed by atoms with Gasteiger partial charge in [0.15, 0.2) is 0 Å². The highest BCUT2D eigenvalue weighted by Crippen LogP contribution is 2.39. The number of amides is 1. The van der Waals surface area contributed by atoms with Gasteiger partial charge in [-0.25, -0.2) is 9.37 Å². The summed E-state index contributed by atoms with van der Waals surface area (Å²) in [6.07, 6.45) is 3.67. The maximum atomic E-state index is 14.6. The number of pyridine rings is 1. The van der Waals surface area contributed by atoms with Crippen molar-refractivity contribution in [3.63, 3.8) is 0 Å². The second kappa shape index (κ2) is 10.4. The summed E-state index contributed by atoms with van der Waals surface area (Å²) in [5.74, 6) is 0.860.